The van der Waals surface area contributed by atoms with Crippen LogP contribution in [0.25, 0.3) is 5.65 Å². The van der Waals surface area contributed by atoms with Crippen LogP contribution < -0.4 is 5.32 Å². The third-order valence-electron chi connectivity index (χ3n) is 3.19. The number of fused-ring (bicyclic) bond motifs is 1. The standard InChI is InChI=1S/C15H12FN3O2/c16-11-4-2-1-3-10(11)9-18-12-5-6-13-17-7-8-19(13)14(12)15(20)21/h1-8,18H,9H2,(H,20,21). The van der Waals surface area contributed by atoms with Gasteiger partial charge in [0.1, 0.15) is 11.5 Å². The zero-order chi connectivity index (χ0) is 14.8. The molecule has 0 spiro atoms. The third kappa shape index (κ3) is 2.43. The summed E-state index contributed by atoms with van der Waals surface area (Å²) in [6, 6.07) is 9.70. The molecule has 0 fully saturated rings. The molecule has 2 heterocycles. The van der Waals surface area contributed by atoms with Crippen LogP contribution in [0.4, 0.5) is 10.1 Å². The van der Waals surface area contributed by atoms with Crippen LogP contribution >= 0.6 is 0 Å². The van der Waals surface area contributed by atoms with Crippen LogP contribution in [-0.4, -0.2) is 20.5 Å². The van der Waals surface area contributed by atoms with Gasteiger partial charge in [0.05, 0.1) is 5.69 Å². The van der Waals surface area contributed by atoms with Crippen molar-refractivity contribution in [1.82, 2.24) is 9.38 Å². The average Bonchev–Trinajstić information content (AvgIpc) is 2.93. The molecule has 0 saturated carbocycles. The molecule has 0 aliphatic rings. The summed E-state index contributed by atoms with van der Waals surface area (Å²) in [4.78, 5) is 15.5. The Bertz CT molecular complexity index is 814. The Labute approximate surface area is 119 Å². The SMILES string of the molecule is O=C(O)c1c(NCc2ccccc2F)ccc2nccn12. The number of nitrogens with one attached hydrogen (secondary N) is 1. The van der Waals surface area contributed by atoms with Gasteiger partial charge in [-0.1, -0.05) is 18.2 Å². The topological polar surface area (TPSA) is 66.6 Å². The van der Waals surface area contributed by atoms with Crippen molar-refractivity contribution in [1.29, 1.82) is 0 Å². The van der Waals surface area contributed by atoms with Crippen molar-refractivity contribution in [2.45, 2.75) is 6.54 Å². The van der Waals surface area contributed by atoms with Crippen molar-refractivity contribution in [2.24, 2.45) is 0 Å². The lowest BCUT2D eigenvalue weighted by molar-refractivity contribution is 0.0690. The Morgan fingerprint density at radius 2 is 2.10 bits per heavy atom. The molecule has 6 heteroatoms. The van der Waals surface area contributed by atoms with Crippen LogP contribution in [0.1, 0.15) is 16.1 Å². The fourth-order valence-corrected chi connectivity index (χ4v) is 2.19. The monoisotopic (exact) mass is 285 g/mol. The minimum atomic E-state index is -1.07. The van der Waals surface area contributed by atoms with E-state index in [2.05, 4.69) is 10.3 Å². The van der Waals surface area contributed by atoms with Crippen molar-refractivity contribution in [3.8, 4) is 0 Å². The number of aromatic carboxylic acids is 1. The predicted molar refractivity (Wildman–Crippen MR) is 75.9 cm³/mol. The number of benzene rings is 1. The van der Waals surface area contributed by atoms with Crippen LogP contribution in [0.15, 0.2) is 48.8 Å². The highest BCUT2D eigenvalue weighted by molar-refractivity contribution is 5.93. The summed E-state index contributed by atoms with van der Waals surface area (Å²) in [7, 11) is 0. The molecule has 2 aromatic heterocycles. The van der Waals surface area contributed by atoms with E-state index in [4.69, 9.17) is 0 Å². The van der Waals surface area contributed by atoms with Crippen LogP contribution in [0.5, 0.6) is 0 Å². The lowest BCUT2D eigenvalue weighted by Crippen LogP contribution is -2.11. The number of aromatic nitrogens is 2. The Hall–Kier alpha value is -2.89. The summed E-state index contributed by atoms with van der Waals surface area (Å²) < 4.78 is 15.1. The highest BCUT2D eigenvalue weighted by Gasteiger charge is 2.15. The van der Waals surface area contributed by atoms with Gasteiger partial charge in [0.15, 0.2) is 5.69 Å². The van der Waals surface area contributed by atoms with Crippen molar-refractivity contribution in [3.63, 3.8) is 0 Å². The summed E-state index contributed by atoms with van der Waals surface area (Å²) in [5, 5.41) is 12.3. The fourth-order valence-electron chi connectivity index (χ4n) is 2.19. The molecule has 3 rings (SSSR count). The highest BCUT2D eigenvalue weighted by atomic mass is 19.1. The largest absolute Gasteiger partial charge is 0.476 e. The number of anilines is 1. The van der Waals surface area contributed by atoms with E-state index in [0.717, 1.165) is 0 Å². The maximum Gasteiger partial charge on any atom is 0.355 e. The lowest BCUT2D eigenvalue weighted by Gasteiger charge is -2.11. The van der Waals surface area contributed by atoms with Crippen LogP contribution in [0, 0.1) is 5.82 Å². The second-order valence-electron chi connectivity index (χ2n) is 4.50. The summed E-state index contributed by atoms with van der Waals surface area (Å²) in [6.07, 6.45) is 3.11. The van der Waals surface area contributed by atoms with E-state index in [-0.39, 0.29) is 18.1 Å². The molecule has 0 aliphatic heterocycles. The molecular formula is C15H12FN3O2. The maximum absolute atomic E-state index is 13.6. The molecule has 21 heavy (non-hydrogen) atoms. The molecule has 0 amide bonds. The molecule has 5 nitrogen and oxygen atoms in total. The third-order valence-corrected chi connectivity index (χ3v) is 3.19. The van der Waals surface area contributed by atoms with Gasteiger partial charge in [0, 0.05) is 24.5 Å². The number of carbonyl (C=O) groups is 1. The van der Waals surface area contributed by atoms with Gasteiger partial charge in [-0.05, 0) is 18.2 Å². The van der Waals surface area contributed by atoms with E-state index in [1.807, 2.05) is 0 Å². The molecule has 0 atom stereocenters. The molecular weight excluding hydrogens is 273 g/mol. The van der Waals surface area contributed by atoms with Gasteiger partial charge in [-0.25, -0.2) is 14.2 Å². The fraction of sp³-hybridized carbons (Fsp3) is 0.0667. The van der Waals surface area contributed by atoms with E-state index in [0.29, 0.717) is 16.9 Å². The first-order valence-corrected chi connectivity index (χ1v) is 6.33. The lowest BCUT2D eigenvalue weighted by atomic mass is 10.2. The zero-order valence-electron chi connectivity index (χ0n) is 11.0. The van der Waals surface area contributed by atoms with Gasteiger partial charge in [0.2, 0.25) is 0 Å². The number of nitrogens with zero attached hydrogens (tertiary/aromatic N) is 2. The van der Waals surface area contributed by atoms with Gasteiger partial charge >= 0.3 is 5.97 Å². The summed E-state index contributed by atoms with van der Waals surface area (Å²) >= 11 is 0. The van der Waals surface area contributed by atoms with Crippen molar-refractivity contribution >= 4 is 17.3 Å². The number of carboxylic acid groups (broad SMARTS) is 1. The van der Waals surface area contributed by atoms with Gasteiger partial charge < -0.3 is 10.4 Å². The second kappa shape index (κ2) is 5.24. The Morgan fingerprint density at radius 3 is 2.86 bits per heavy atom. The first kappa shape index (κ1) is 13.1. The smallest absolute Gasteiger partial charge is 0.355 e. The predicted octanol–water partition coefficient (Wildman–Crippen LogP) is 2.78. The van der Waals surface area contributed by atoms with Crippen LogP contribution in [-0.2, 0) is 6.54 Å². The number of rotatable bonds is 4. The zero-order valence-corrected chi connectivity index (χ0v) is 11.0. The van der Waals surface area contributed by atoms with E-state index in [9.17, 15) is 14.3 Å². The Morgan fingerprint density at radius 1 is 1.29 bits per heavy atom. The average molecular weight is 285 g/mol. The van der Waals surface area contributed by atoms with E-state index in [1.165, 1.54) is 16.7 Å². The molecule has 106 valence electrons. The van der Waals surface area contributed by atoms with E-state index >= 15 is 0 Å². The Kier molecular flexibility index (Phi) is 3.27. The number of hydrogen-bond acceptors (Lipinski definition) is 3. The normalized spacial score (nSPS) is 10.7. The number of hydrogen-bond donors (Lipinski definition) is 2. The summed E-state index contributed by atoms with van der Waals surface area (Å²) in [6.45, 7) is 0.202. The molecule has 0 aliphatic carbocycles. The van der Waals surface area contributed by atoms with Crippen molar-refractivity contribution < 1.29 is 14.3 Å². The minimum Gasteiger partial charge on any atom is -0.476 e. The van der Waals surface area contributed by atoms with Crippen LogP contribution in [0.2, 0.25) is 0 Å². The van der Waals surface area contributed by atoms with Gasteiger partial charge in [0.25, 0.3) is 0 Å². The van der Waals surface area contributed by atoms with Gasteiger partial charge in [-0.2, -0.15) is 0 Å². The molecule has 0 saturated heterocycles. The number of halogens is 1. The van der Waals surface area contributed by atoms with Gasteiger partial charge in [-0.15, -0.1) is 0 Å². The number of pyridine rings is 1. The van der Waals surface area contributed by atoms with Crippen molar-refractivity contribution in [3.05, 3.63) is 65.9 Å². The minimum absolute atomic E-state index is 0.0707. The molecule has 1 aromatic carbocycles. The molecule has 3 aromatic rings. The number of imidazole rings is 1. The van der Waals surface area contributed by atoms with Crippen LogP contribution in [0.3, 0.4) is 0 Å². The van der Waals surface area contributed by atoms with E-state index < -0.39 is 5.97 Å². The summed E-state index contributed by atoms with van der Waals surface area (Å²) in [5.74, 6) is -1.40. The molecule has 0 unspecified atom stereocenters. The quantitative estimate of drug-likeness (QED) is 0.773. The molecule has 0 radical (unpaired) electrons. The first-order chi connectivity index (χ1) is 10.2. The first-order valence-electron chi connectivity index (χ1n) is 6.33. The van der Waals surface area contributed by atoms with E-state index in [1.54, 1.807) is 36.5 Å². The van der Waals surface area contributed by atoms with Gasteiger partial charge in [-0.3, -0.25) is 4.40 Å². The maximum atomic E-state index is 13.6. The summed E-state index contributed by atoms with van der Waals surface area (Å²) in [5.41, 5.74) is 1.50. The van der Waals surface area contributed by atoms with Crippen molar-refractivity contribution in [2.75, 3.05) is 5.32 Å². The number of carboxylic acids is 1. The Balaban J connectivity index is 1.95. The molecule has 2 N–H and O–H groups in total. The second-order valence-corrected chi connectivity index (χ2v) is 4.50. The molecule has 0 bridgehead atoms. The highest BCUT2D eigenvalue weighted by Crippen LogP contribution is 2.19.